The minimum atomic E-state index is 0. The summed E-state index contributed by atoms with van der Waals surface area (Å²) < 4.78 is 0. The molecule has 0 N–H and O–H groups in total. The van der Waals surface area contributed by atoms with Crippen molar-refractivity contribution in [3.63, 3.8) is 0 Å². The average Bonchev–Trinajstić information content (AvgIpc) is 3.30. The van der Waals surface area contributed by atoms with Gasteiger partial charge in [0.2, 0.25) is 0 Å². The fourth-order valence-corrected chi connectivity index (χ4v) is 5.87. The summed E-state index contributed by atoms with van der Waals surface area (Å²) in [4.78, 5) is 5.52. The van der Waals surface area contributed by atoms with Crippen LogP contribution in [0.5, 0.6) is 0 Å². The van der Waals surface area contributed by atoms with Gasteiger partial charge in [-0.2, -0.15) is 0 Å². The number of aryl methyl sites for hydroxylation is 2. The quantitative estimate of drug-likeness (QED) is 0.708. The van der Waals surface area contributed by atoms with Gasteiger partial charge in [-0.25, -0.2) is 0 Å². The van der Waals surface area contributed by atoms with E-state index in [4.69, 9.17) is 0 Å². The van der Waals surface area contributed by atoms with Crippen LogP contribution in [0.3, 0.4) is 0 Å². The Morgan fingerprint density at radius 2 is 1.78 bits per heavy atom. The van der Waals surface area contributed by atoms with Crippen LogP contribution in [0.25, 0.3) is 0 Å². The zero-order chi connectivity index (χ0) is 17.3. The monoisotopic (exact) mass is 380 g/mol. The number of piperidine rings is 1. The molecule has 27 heavy (non-hydrogen) atoms. The van der Waals surface area contributed by atoms with E-state index >= 15 is 0 Å². The van der Waals surface area contributed by atoms with Gasteiger partial charge in [0.25, 0.3) is 0 Å². The number of halogens is 1. The SMILES string of the molecule is CC1CC1CN1CCC2C(C1)c1cccc3c1N2c1ccccc1CC3.Cl. The van der Waals surface area contributed by atoms with E-state index in [2.05, 4.69) is 59.2 Å². The molecule has 1 saturated heterocycles. The number of benzene rings is 2. The van der Waals surface area contributed by atoms with Crippen molar-refractivity contribution >= 4 is 23.8 Å². The molecule has 0 amide bonds. The molecule has 1 aliphatic carbocycles. The first-order valence-electron chi connectivity index (χ1n) is 10.5. The Hall–Kier alpha value is -1.51. The normalized spacial score (nSPS) is 30.6. The third-order valence-electron chi connectivity index (χ3n) is 7.47. The summed E-state index contributed by atoms with van der Waals surface area (Å²) in [7, 11) is 0. The van der Waals surface area contributed by atoms with E-state index in [0.29, 0.717) is 12.0 Å². The first kappa shape index (κ1) is 17.6. The molecular weight excluding hydrogens is 352 g/mol. The van der Waals surface area contributed by atoms with Gasteiger partial charge in [0.15, 0.2) is 0 Å². The van der Waals surface area contributed by atoms with Crippen molar-refractivity contribution in [3.8, 4) is 0 Å². The molecule has 4 unspecified atom stereocenters. The highest BCUT2D eigenvalue weighted by atomic mass is 35.5. The highest BCUT2D eigenvalue weighted by Crippen LogP contribution is 2.52. The fraction of sp³-hybridized carbons (Fsp3) is 0.500. The van der Waals surface area contributed by atoms with Crippen molar-refractivity contribution in [2.24, 2.45) is 11.8 Å². The molecule has 4 aliphatic rings. The minimum absolute atomic E-state index is 0. The van der Waals surface area contributed by atoms with Crippen molar-refractivity contribution in [2.45, 2.75) is 44.6 Å². The van der Waals surface area contributed by atoms with Gasteiger partial charge in [-0.05, 0) is 60.3 Å². The minimum Gasteiger partial charge on any atom is -0.337 e. The third-order valence-corrected chi connectivity index (χ3v) is 7.47. The molecule has 3 aliphatic heterocycles. The van der Waals surface area contributed by atoms with E-state index in [1.54, 1.807) is 16.8 Å². The second kappa shape index (κ2) is 6.53. The standard InChI is InChI=1S/C24H28N2.ClH/c1-16-13-19(16)14-25-12-11-23-21(15-25)20-7-4-6-18-10-9-17-5-2-3-8-22(17)26(23)24(18)20;/h2-8,16,19,21,23H,9-15H2,1H3;1H. The molecule has 2 nitrogen and oxygen atoms in total. The molecule has 0 aromatic heterocycles. The topological polar surface area (TPSA) is 6.48 Å². The predicted octanol–water partition coefficient (Wildman–Crippen LogP) is 5.17. The largest absolute Gasteiger partial charge is 0.337 e. The molecule has 2 aromatic rings. The van der Waals surface area contributed by atoms with E-state index in [1.807, 2.05) is 0 Å². The van der Waals surface area contributed by atoms with Crippen molar-refractivity contribution in [1.29, 1.82) is 0 Å². The lowest BCUT2D eigenvalue weighted by molar-refractivity contribution is 0.187. The van der Waals surface area contributed by atoms with Crippen molar-refractivity contribution in [3.05, 3.63) is 59.2 Å². The van der Waals surface area contributed by atoms with E-state index in [-0.39, 0.29) is 12.4 Å². The van der Waals surface area contributed by atoms with Crippen molar-refractivity contribution in [2.75, 3.05) is 24.5 Å². The second-order valence-electron chi connectivity index (χ2n) is 9.05. The van der Waals surface area contributed by atoms with Gasteiger partial charge in [0.05, 0.1) is 0 Å². The van der Waals surface area contributed by atoms with Crippen LogP contribution in [0, 0.1) is 11.8 Å². The van der Waals surface area contributed by atoms with Gasteiger partial charge in [0.1, 0.15) is 0 Å². The van der Waals surface area contributed by atoms with Crippen LogP contribution in [0.1, 0.15) is 42.4 Å². The highest BCUT2D eigenvalue weighted by Gasteiger charge is 2.45. The van der Waals surface area contributed by atoms with Gasteiger partial charge in [-0.3, -0.25) is 0 Å². The van der Waals surface area contributed by atoms with Crippen LogP contribution in [-0.2, 0) is 12.8 Å². The molecule has 2 aromatic carbocycles. The zero-order valence-corrected chi connectivity index (χ0v) is 16.9. The lowest BCUT2D eigenvalue weighted by Gasteiger charge is -2.39. The Morgan fingerprint density at radius 3 is 2.63 bits per heavy atom. The molecule has 1 saturated carbocycles. The number of hydrogen-bond donors (Lipinski definition) is 0. The molecular formula is C24H29ClN2. The molecule has 0 spiro atoms. The van der Waals surface area contributed by atoms with Gasteiger partial charge in [-0.1, -0.05) is 43.3 Å². The van der Waals surface area contributed by atoms with E-state index in [0.717, 1.165) is 11.8 Å². The Balaban J connectivity index is 0.00000160. The highest BCUT2D eigenvalue weighted by molar-refractivity contribution is 5.85. The van der Waals surface area contributed by atoms with Gasteiger partial charge in [0, 0.05) is 43.0 Å². The number of para-hydroxylation sites is 2. The number of fused-ring (bicyclic) bond motifs is 5. The van der Waals surface area contributed by atoms with Crippen LogP contribution >= 0.6 is 12.4 Å². The summed E-state index contributed by atoms with van der Waals surface area (Å²) in [5, 5.41) is 0. The molecule has 6 rings (SSSR count). The first-order valence-corrected chi connectivity index (χ1v) is 10.5. The smallest absolute Gasteiger partial charge is 0.0483 e. The number of hydrogen-bond acceptors (Lipinski definition) is 2. The number of rotatable bonds is 2. The van der Waals surface area contributed by atoms with Crippen molar-refractivity contribution < 1.29 is 0 Å². The van der Waals surface area contributed by atoms with E-state index in [1.165, 1.54) is 56.6 Å². The van der Waals surface area contributed by atoms with Gasteiger partial charge in [-0.15, -0.1) is 12.4 Å². The fourth-order valence-electron chi connectivity index (χ4n) is 5.87. The molecule has 2 fully saturated rings. The number of nitrogens with zero attached hydrogens (tertiary/aromatic N) is 2. The Labute approximate surface area is 169 Å². The Bertz CT molecular complexity index is 863. The lowest BCUT2D eigenvalue weighted by atomic mass is 9.87. The summed E-state index contributed by atoms with van der Waals surface area (Å²) >= 11 is 0. The molecule has 3 heteroatoms. The number of anilines is 2. The molecule has 142 valence electrons. The van der Waals surface area contributed by atoms with E-state index < -0.39 is 0 Å². The maximum absolute atomic E-state index is 2.77. The van der Waals surface area contributed by atoms with Crippen LogP contribution in [0.2, 0.25) is 0 Å². The number of likely N-dealkylation sites (tertiary alicyclic amines) is 1. The van der Waals surface area contributed by atoms with Crippen LogP contribution in [0.15, 0.2) is 42.5 Å². The summed E-state index contributed by atoms with van der Waals surface area (Å²) in [6.07, 6.45) is 5.10. The molecule has 3 heterocycles. The second-order valence-corrected chi connectivity index (χ2v) is 9.05. The average molecular weight is 381 g/mol. The summed E-state index contributed by atoms with van der Waals surface area (Å²) in [5.41, 5.74) is 7.77. The lowest BCUT2D eigenvalue weighted by Crippen LogP contribution is -2.45. The van der Waals surface area contributed by atoms with Crippen LogP contribution in [-0.4, -0.2) is 30.6 Å². The predicted molar refractivity (Wildman–Crippen MR) is 115 cm³/mol. The van der Waals surface area contributed by atoms with Crippen LogP contribution in [0.4, 0.5) is 11.4 Å². The first-order chi connectivity index (χ1) is 12.8. The summed E-state index contributed by atoms with van der Waals surface area (Å²) in [6, 6.07) is 16.9. The summed E-state index contributed by atoms with van der Waals surface area (Å²) in [6.45, 7) is 6.27. The third kappa shape index (κ3) is 2.72. The maximum Gasteiger partial charge on any atom is 0.0483 e. The van der Waals surface area contributed by atoms with Gasteiger partial charge < -0.3 is 9.80 Å². The summed E-state index contributed by atoms with van der Waals surface area (Å²) in [5.74, 6) is 2.61. The van der Waals surface area contributed by atoms with Crippen LogP contribution < -0.4 is 4.90 Å². The molecule has 4 atom stereocenters. The molecule has 0 radical (unpaired) electrons. The van der Waals surface area contributed by atoms with E-state index in [9.17, 15) is 0 Å². The van der Waals surface area contributed by atoms with Gasteiger partial charge >= 0.3 is 0 Å². The Morgan fingerprint density at radius 1 is 1.00 bits per heavy atom. The Kier molecular flexibility index (Phi) is 4.25. The van der Waals surface area contributed by atoms with Crippen molar-refractivity contribution in [1.82, 2.24) is 4.90 Å². The zero-order valence-electron chi connectivity index (χ0n) is 16.1. The maximum atomic E-state index is 2.77. The molecule has 0 bridgehead atoms.